The SMILES string of the molecule is NC(CO)(CCn1cncn1)c1ccccc1. The molecule has 0 spiro atoms. The molecule has 0 aliphatic carbocycles. The lowest BCUT2D eigenvalue weighted by Crippen LogP contribution is -2.41. The van der Waals surface area contributed by atoms with Crippen molar-refractivity contribution in [2.75, 3.05) is 6.61 Å². The first-order valence-electron chi connectivity index (χ1n) is 5.52. The van der Waals surface area contributed by atoms with Crippen LogP contribution >= 0.6 is 0 Å². The number of hydrogen-bond donors (Lipinski definition) is 2. The van der Waals surface area contributed by atoms with Gasteiger partial charge in [-0.3, -0.25) is 4.68 Å². The molecule has 2 rings (SSSR count). The van der Waals surface area contributed by atoms with Crippen molar-refractivity contribution in [3.8, 4) is 0 Å². The minimum atomic E-state index is -0.729. The van der Waals surface area contributed by atoms with E-state index in [2.05, 4.69) is 10.1 Å². The largest absolute Gasteiger partial charge is 0.394 e. The van der Waals surface area contributed by atoms with Gasteiger partial charge in [-0.05, 0) is 12.0 Å². The summed E-state index contributed by atoms with van der Waals surface area (Å²) in [6.07, 6.45) is 3.74. The fourth-order valence-corrected chi connectivity index (χ4v) is 1.75. The zero-order chi connectivity index (χ0) is 12.1. The quantitative estimate of drug-likeness (QED) is 0.787. The van der Waals surface area contributed by atoms with Gasteiger partial charge in [-0.15, -0.1) is 0 Å². The Labute approximate surface area is 99.9 Å². The maximum Gasteiger partial charge on any atom is 0.137 e. The van der Waals surface area contributed by atoms with E-state index in [1.54, 1.807) is 11.0 Å². The van der Waals surface area contributed by atoms with Crippen molar-refractivity contribution in [3.63, 3.8) is 0 Å². The molecule has 1 aromatic heterocycles. The summed E-state index contributed by atoms with van der Waals surface area (Å²) in [5.41, 5.74) is 6.43. The molecule has 5 heteroatoms. The molecule has 0 radical (unpaired) electrons. The maximum absolute atomic E-state index is 9.50. The van der Waals surface area contributed by atoms with Crippen LogP contribution in [0.2, 0.25) is 0 Å². The third kappa shape index (κ3) is 2.69. The topological polar surface area (TPSA) is 77.0 Å². The highest BCUT2D eigenvalue weighted by Gasteiger charge is 2.26. The highest BCUT2D eigenvalue weighted by Crippen LogP contribution is 2.21. The minimum absolute atomic E-state index is 0.0916. The maximum atomic E-state index is 9.50. The Bertz CT molecular complexity index is 443. The second-order valence-corrected chi connectivity index (χ2v) is 4.09. The van der Waals surface area contributed by atoms with Crippen LogP contribution in [0.4, 0.5) is 0 Å². The van der Waals surface area contributed by atoms with Gasteiger partial charge in [0.15, 0.2) is 0 Å². The first-order valence-corrected chi connectivity index (χ1v) is 5.52. The molecule has 1 aromatic carbocycles. The number of aliphatic hydroxyl groups is 1. The van der Waals surface area contributed by atoms with Gasteiger partial charge in [0.2, 0.25) is 0 Å². The number of aromatic nitrogens is 3. The van der Waals surface area contributed by atoms with Gasteiger partial charge in [0, 0.05) is 6.54 Å². The number of hydrogen-bond acceptors (Lipinski definition) is 4. The molecule has 17 heavy (non-hydrogen) atoms. The average Bonchev–Trinajstić information content (AvgIpc) is 2.90. The van der Waals surface area contributed by atoms with Crippen molar-refractivity contribution >= 4 is 0 Å². The fraction of sp³-hybridized carbons (Fsp3) is 0.333. The van der Waals surface area contributed by atoms with Gasteiger partial charge in [0.1, 0.15) is 12.7 Å². The van der Waals surface area contributed by atoms with Gasteiger partial charge < -0.3 is 10.8 Å². The van der Waals surface area contributed by atoms with Crippen molar-refractivity contribution in [1.82, 2.24) is 14.8 Å². The van der Waals surface area contributed by atoms with Crippen molar-refractivity contribution in [2.24, 2.45) is 5.73 Å². The van der Waals surface area contributed by atoms with Crippen molar-refractivity contribution < 1.29 is 5.11 Å². The minimum Gasteiger partial charge on any atom is -0.394 e. The van der Waals surface area contributed by atoms with Crippen LogP contribution < -0.4 is 5.73 Å². The first-order chi connectivity index (χ1) is 8.24. The highest BCUT2D eigenvalue weighted by molar-refractivity contribution is 5.23. The van der Waals surface area contributed by atoms with E-state index in [4.69, 9.17) is 5.73 Å². The summed E-state index contributed by atoms with van der Waals surface area (Å²) >= 11 is 0. The van der Waals surface area contributed by atoms with Crippen LogP contribution in [0.15, 0.2) is 43.0 Å². The molecule has 0 amide bonds. The Kier molecular flexibility index (Phi) is 3.51. The Morgan fingerprint density at radius 3 is 2.65 bits per heavy atom. The lowest BCUT2D eigenvalue weighted by atomic mass is 9.88. The van der Waals surface area contributed by atoms with Crippen LogP contribution in [0.25, 0.3) is 0 Å². The summed E-state index contributed by atoms with van der Waals surface area (Å²) in [6, 6.07) is 9.62. The Morgan fingerprint density at radius 1 is 1.29 bits per heavy atom. The second-order valence-electron chi connectivity index (χ2n) is 4.09. The molecule has 2 aromatic rings. The Hall–Kier alpha value is -1.72. The molecule has 90 valence electrons. The smallest absolute Gasteiger partial charge is 0.137 e. The predicted octanol–water partition coefficient (Wildman–Crippen LogP) is 0.515. The molecule has 0 saturated carbocycles. The number of rotatable bonds is 5. The molecular formula is C12H16N4O. The van der Waals surface area contributed by atoms with Gasteiger partial charge >= 0.3 is 0 Å². The van der Waals surface area contributed by atoms with Crippen molar-refractivity contribution in [1.29, 1.82) is 0 Å². The van der Waals surface area contributed by atoms with Crippen LogP contribution in [0.3, 0.4) is 0 Å². The number of nitrogens with two attached hydrogens (primary N) is 1. The van der Waals surface area contributed by atoms with E-state index in [9.17, 15) is 5.11 Å². The van der Waals surface area contributed by atoms with Gasteiger partial charge in [0.05, 0.1) is 12.1 Å². The second kappa shape index (κ2) is 5.07. The summed E-state index contributed by atoms with van der Waals surface area (Å²) in [4.78, 5) is 3.87. The summed E-state index contributed by atoms with van der Waals surface area (Å²) in [7, 11) is 0. The van der Waals surface area contributed by atoms with Crippen LogP contribution in [-0.2, 0) is 12.1 Å². The zero-order valence-corrected chi connectivity index (χ0v) is 9.53. The molecule has 0 bridgehead atoms. The summed E-state index contributed by atoms with van der Waals surface area (Å²) < 4.78 is 1.71. The summed E-state index contributed by atoms with van der Waals surface area (Å²) in [6.45, 7) is 0.539. The normalized spacial score (nSPS) is 14.5. The third-order valence-corrected chi connectivity index (χ3v) is 2.88. The van der Waals surface area contributed by atoms with E-state index >= 15 is 0 Å². The van der Waals surface area contributed by atoms with E-state index in [1.165, 1.54) is 6.33 Å². The Morgan fingerprint density at radius 2 is 2.06 bits per heavy atom. The molecule has 0 aliphatic rings. The standard InChI is InChI=1S/C12H16N4O/c13-12(8-17,11-4-2-1-3-5-11)6-7-16-10-14-9-15-16/h1-5,9-10,17H,6-8,13H2. The van der Waals surface area contributed by atoms with Crippen LogP contribution in [0, 0.1) is 0 Å². The van der Waals surface area contributed by atoms with Crippen LogP contribution in [0.1, 0.15) is 12.0 Å². The van der Waals surface area contributed by atoms with Gasteiger partial charge in [0.25, 0.3) is 0 Å². The van der Waals surface area contributed by atoms with E-state index < -0.39 is 5.54 Å². The molecule has 0 fully saturated rings. The molecule has 3 N–H and O–H groups in total. The van der Waals surface area contributed by atoms with Crippen molar-refractivity contribution in [3.05, 3.63) is 48.5 Å². The van der Waals surface area contributed by atoms with Gasteiger partial charge in [-0.2, -0.15) is 5.10 Å². The number of aryl methyl sites for hydroxylation is 1. The van der Waals surface area contributed by atoms with E-state index in [0.717, 1.165) is 5.56 Å². The number of benzene rings is 1. The fourth-order valence-electron chi connectivity index (χ4n) is 1.75. The van der Waals surface area contributed by atoms with Gasteiger partial charge in [-0.1, -0.05) is 30.3 Å². The highest BCUT2D eigenvalue weighted by atomic mass is 16.3. The summed E-state index contributed by atoms with van der Waals surface area (Å²) in [5, 5.41) is 13.5. The molecule has 5 nitrogen and oxygen atoms in total. The molecule has 1 unspecified atom stereocenters. The number of nitrogens with zero attached hydrogens (tertiary/aromatic N) is 3. The molecule has 1 heterocycles. The summed E-state index contributed by atoms with van der Waals surface area (Å²) in [5.74, 6) is 0. The lowest BCUT2D eigenvalue weighted by Gasteiger charge is -2.27. The van der Waals surface area contributed by atoms with Crippen LogP contribution in [-0.4, -0.2) is 26.5 Å². The number of aliphatic hydroxyl groups excluding tert-OH is 1. The Balaban J connectivity index is 2.09. The lowest BCUT2D eigenvalue weighted by molar-refractivity contribution is 0.181. The van der Waals surface area contributed by atoms with Gasteiger partial charge in [-0.25, -0.2) is 4.98 Å². The first kappa shape index (κ1) is 11.8. The molecular weight excluding hydrogens is 216 g/mol. The molecule has 1 atom stereocenters. The van der Waals surface area contributed by atoms with E-state index in [-0.39, 0.29) is 6.61 Å². The van der Waals surface area contributed by atoms with E-state index in [1.807, 2.05) is 30.3 Å². The predicted molar refractivity (Wildman–Crippen MR) is 64.0 cm³/mol. The third-order valence-electron chi connectivity index (χ3n) is 2.88. The molecule has 0 aliphatic heterocycles. The average molecular weight is 232 g/mol. The van der Waals surface area contributed by atoms with E-state index in [0.29, 0.717) is 13.0 Å². The van der Waals surface area contributed by atoms with Crippen molar-refractivity contribution in [2.45, 2.75) is 18.5 Å². The van der Waals surface area contributed by atoms with Crippen LogP contribution in [0.5, 0.6) is 0 Å². The monoisotopic (exact) mass is 232 g/mol. The molecule has 0 saturated heterocycles. The zero-order valence-electron chi connectivity index (χ0n) is 9.53.